The molecular formula is C15H14N2OS. The first-order valence-electron chi connectivity index (χ1n) is 6.31. The van der Waals surface area contributed by atoms with Crippen LogP contribution in [0.1, 0.15) is 30.0 Å². The molecule has 1 aromatic heterocycles. The van der Waals surface area contributed by atoms with Gasteiger partial charge in [0.1, 0.15) is 0 Å². The van der Waals surface area contributed by atoms with E-state index in [9.17, 15) is 4.79 Å². The smallest absolute Gasteiger partial charge is 0.250 e. The van der Waals surface area contributed by atoms with E-state index in [-0.39, 0.29) is 5.91 Å². The van der Waals surface area contributed by atoms with E-state index in [0.717, 1.165) is 11.3 Å². The molecule has 2 aromatic rings. The maximum Gasteiger partial charge on any atom is 0.250 e. The molecule has 1 N–H and O–H groups in total. The monoisotopic (exact) mass is 270 g/mol. The molecule has 96 valence electrons. The van der Waals surface area contributed by atoms with Gasteiger partial charge in [-0.05, 0) is 24.5 Å². The van der Waals surface area contributed by atoms with Gasteiger partial charge in [0, 0.05) is 17.4 Å². The topological polar surface area (TPSA) is 42.0 Å². The largest absolute Gasteiger partial charge is 0.298 e. The van der Waals surface area contributed by atoms with Crippen molar-refractivity contribution >= 4 is 28.5 Å². The Hall–Kier alpha value is -1.94. The number of hydrogen-bond acceptors (Lipinski definition) is 3. The van der Waals surface area contributed by atoms with Gasteiger partial charge in [0.15, 0.2) is 5.13 Å². The molecule has 0 spiro atoms. The second kappa shape index (κ2) is 5.36. The predicted molar refractivity (Wildman–Crippen MR) is 78.2 cm³/mol. The number of carbonyl (C=O) groups excluding carboxylic acids is 1. The predicted octanol–water partition coefficient (Wildman–Crippen LogP) is 3.67. The van der Waals surface area contributed by atoms with Gasteiger partial charge in [-0.25, -0.2) is 4.98 Å². The Morgan fingerprint density at radius 3 is 2.84 bits per heavy atom. The zero-order valence-electron chi connectivity index (χ0n) is 10.4. The van der Waals surface area contributed by atoms with Gasteiger partial charge in [0.25, 0.3) is 0 Å². The highest BCUT2D eigenvalue weighted by atomic mass is 32.1. The third-order valence-electron chi connectivity index (χ3n) is 2.97. The average molecular weight is 270 g/mol. The van der Waals surface area contributed by atoms with Crippen LogP contribution in [-0.4, -0.2) is 10.9 Å². The molecule has 19 heavy (non-hydrogen) atoms. The van der Waals surface area contributed by atoms with E-state index in [1.165, 1.54) is 30.3 Å². The number of carbonyl (C=O) groups is 1. The molecule has 3 nitrogen and oxygen atoms in total. The Morgan fingerprint density at radius 2 is 2.11 bits per heavy atom. The van der Waals surface area contributed by atoms with Crippen molar-refractivity contribution in [2.75, 3.05) is 5.32 Å². The molecule has 0 unspecified atom stereocenters. The van der Waals surface area contributed by atoms with Crippen molar-refractivity contribution in [3.63, 3.8) is 0 Å². The van der Waals surface area contributed by atoms with Gasteiger partial charge in [0.05, 0.1) is 5.69 Å². The first kappa shape index (κ1) is 12.1. The lowest BCUT2D eigenvalue weighted by molar-refractivity contribution is -0.111. The van der Waals surface area contributed by atoms with Gasteiger partial charge in [-0.1, -0.05) is 30.3 Å². The fourth-order valence-corrected chi connectivity index (χ4v) is 2.59. The molecule has 0 aliphatic heterocycles. The van der Waals surface area contributed by atoms with Crippen molar-refractivity contribution in [1.82, 2.24) is 4.98 Å². The third kappa shape index (κ3) is 3.29. The normalized spacial score (nSPS) is 14.7. The van der Waals surface area contributed by atoms with E-state index < -0.39 is 0 Å². The highest BCUT2D eigenvalue weighted by Gasteiger charge is 2.26. The molecule has 1 aliphatic rings. The summed E-state index contributed by atoms with van der Waals surface area (Å²) in [6.45, 7) is 0. The summed E-state index contributed by atoms with van der Waals surface area (Å²) in [5, 5.41) is 5.52. The van der Waals surface area contributed by atoms with Gasteiger partial charge in [-0.15, -0.1) is 11.3 Å². The highest BCUT2D eigenvalue weighted by molar-refractivity contribution is 7.14. The van der Waals surface area contributed by atoms with Gasteiger partial charge < -0.3 is 0 Å². The van der Waals surface area contributed by atoms with Gasteiger partial charge in [-0.3, -0.25) is 10.1 Å². The molecule has 1 fully saturated rings. The molecule has 1 saturated carbocycles. The molecule has 1 heterocycles. The molecule has 1 aromatic carbocycles. The number of amides is 1. The Labute approximate surface area is 116 Å². The fraction of sp³-hybridized carbons (Fsp3) is 0.200. The molecule has 1 amide bonds. The van der Waals surface area contributed by atoms with Crippen LogP contribution in [0.3, 0.4) is 0 Å². The number of thiazole rings is 1. The van der Waals surface area contributed by atoms with Crippen LogP contribution >= 0.6 is 11.3 Å². The summed E-state index contributed by atoms with van der Waals surface area (Å²) in [5.41, 5.74) is 2.13. The van der Waals surface area contributed by atoms with Crippen molar-refractivity contribution in [2.24, 2.45) is 0 Å². The summed E-state index contributed by atoms with van der Waals surface area (Å²) in [6.07, 6.45) is 5.79. The quantitative estimate of drug-likeness (QED) is 0.861. The second-order valence-electron chi connectivity index (χ2n) is 4.59. The lowest BCUT2D eigenvalue weighted by atomic mass is 10.2. The maximum absolute atomic E-state index is 11.7. The minimum Gasteiger partial charge on any atom is -0.298 e. The van der Waals surface area contributed by atoms with Crippen LogP contribution in [0.4, 0.5) is 5.13 Å². The molecule has 4 heteroatoms. The average Bonchev–Trinajstić information content (AvgIpc) is 3.19. The summed E-state index contributed by atoms with van der Waals surface area (Å²) in [5.74, 6) is 0.488. The van der Waals surface area contributed by atoms with Crippen LogP contribution in [-0.2, 0) is 4.79 Å². The number of nitrogens with zero attached hydrogens (tertiary/aromatic N) is 1. The highest BCUT2D eigenvalue weighted by Crippen LogP contribution is 2.40. The molecular weight excluding hydrogens is 256 g/mol. The van der Waals surface area contributed by atoms with Crippen LogP contribution in [0.2, 0.25) is 0 Å². The second-order valence-corrected chi connectivity index (χ2v) is 5.44. The van der Waals surface area contributed by atoms with Crippen molar-refractivity contribution in [3.05, 3.63) is 53.0 Å². The first-order valence-corrected chi connectivity index (χ1v) is 7.19. The molecule has 0 atom stereocenters. The van der Waals surface area contributed by atoms with E-state index in [4.69, 9.17) is 0 Å². The summed E-state index contributed by atoms with van der Waals surface area (Å²) in [6, 6.07) is 9.75. The SMILES string of the molecule is O=C(/C=C/c1ccccc1)Nc1nc(C2CC2)cs1. The number of hydrogen-bond donors (Lipinski definition) is 1. The van der Waals surface area contributed by atoms with Crippen molar-refractivity contribution < 1.29 is 4.79 Å². The fourth-order valence-electron chi connectivity index (χ4n) is 1.79. The van der Waals surface area contributed by atoms with E-state index in [0.29, 0.717) is 11.0 Å². The van der Waals surface area contributed by atoms with Crippen molar-refractivity contribution in [2.45, 2.75) is 18.8 Å². The Kier molecular flexibility index (Phi) is 3.42. The van der Waals surface area contributed by atoms with E-state index in [1.54, 1.807) is 6.08 Å². The Bertz CT molecular complexity index is 600. The molecule has 0 bridgehead atoms. The molecule has 1 aliphatic carbocycles. The number of aromatic nitrogens is 1. The zero-order chi connectivity index (χ0) is 13.1. The zero-order valence-corrected chi connectivity index (χ0v) is 11.2. The van der Waals surface area contributed by atoms with E-state index in [1.807, 2.05) is 35.7 Å². The third-order valence-corrected chi connectivity index (χ3v) is 3.75. The van der Waals surface area contributed by atoms with Crippen molar-refractivity contribution in [3.8, 4) is 0 Å². The van der Waals surface area contributed by atoms with Gasteiger partial charge in [-0.2, -0.15) is 0 Å². The Morgan fingerprint density at radius 1 is 1.32 bits per heavy atom. The van der Waals surface area contributed by atoms with Crippen LogP contribution in [0.25, 0.3) is 6.08 Å². The summed E-state index contributed by atoms with van der Waals surface area (Å²) >= 11 is 1.49. The van der Waals surface area contributed by atoms with Crippen molar-refractivity contribution in [1.29, 1.82) is 0 Å². The Balaban J connectivity index is 1.59. The lowest BCUT2D eigenvalue weighted by Gasteiger charge is -1.96. The van der Waals surface area contributed by atoms with Crippen LogP contribution in [0.5, 0.6) is 0 Å². The first-order chi connectivity index (χ1) is 9.31. The maximum atomic E-state index is 11.7. The van der Waals surface area contributed by atoms with Gasteiger partial charge in [0.2, 0.25) is 5.91 Å². The van der Waals surface area contributed by atoms with E-state index >= 15 is 0 Å². The summed E-state index contributed by atoms with van der Waals surface area (Å²) in [4.78, 5) is 16.2. The minimum atomic E-state index is -0.138. The molecule has 0 saturated heterocycles. The summed E-state index contributed by atoms with van der Waals surface area (Å²) < 4.78 is 0. The van der Waals surface area contributed by atoms with E-state index in [2.05, 4.69) is 10.3 Å². The number of rotatable bonds is 4. The van der Waals surface area contributed by atoms with Crippen LogP contribution in [0, 0.1) is 0 Å². The minimum absolute atomic E-state index is 0.138. The summed E-state index contributed by atoms with van der Waals surface area (Å²) in [7, 11) is 0. The van der Waals surface area contributed by atoms with Crippen LogP contribution in [0.15, 0.2) is 41.8 Å². The van der Waals surface area contributed by atoms with Crippen LogP contribution < -0.4 is 5.32 Å². The van der Waals surface area contributed by atoms with Gasteiger partial charge >= 0.3 is 0 Å². The molecule has 0 radical (unpaired) electrons. The number of nitrogens with one attached hydrogen (secondary N) is 1. The number of benzene rings is 1. The lowest BCUT2D eigenvalue weighted by Crippen LogP contribution is -2.07. The molecule has 3 rings (SSSR count). The standard InChI is InChI=1S/C15H14N2OS/c18-14(9-6-11-4-2-1-3-5-11)17-15-16-13(10-19-15)12-7-8-12/h1-6,9-10,12H,7-8H2,(H,16,17,18)/b9-6+. The number of anilines is 1.